The van der Waals surface area contributed by atoms with Gasteiger partial charge in [0.05, 0.1) is 17.3 Å². The fourth-order valence-corrected chi connectivity index (χ4v) is 4.00. The Balaban J connectivity index is 1.93. The number of aromatic hydroxyl groups is 1. The van der Waals surface area contributed by atoms with E-state index in [1.165, 1.54) is 12.8 Å². The number of rotatable bonds is 5. The minimum Gasteiger partial charge on any atom is -0.507 e. The van der Waals surface area contributed by atoms with Gasteiger partial charge in [-0.15, -0.1) is 6.58 Å². The highest BCUT2D eigenvalue weighted by atomic mass is 16.3. The second-order valence-electron chi connectivity index (χ2n) is 7.10. The second-order valence-corrected chi connectivity index (χ2v) is 7.10. The molecule has 2 N–H and O–H groups in total. The zero-order valence-electron chi connectivity index (χ0n) is 15.5. The van der Waals surface area contributed by atoms with Crippen molar-refractivity contribution in [1.82, 2.24) is 19.7 Å². The summed E-state index contributed by atoms with van der Waals surface area (Å²) in [6, 6.07) is 5.75. The van der Waals surface area contributed by atoms with Gasteiger partial charge in [0.25, 0.3) is 5.56 Å². The van der Waals surface area contributed by atoms with Crippen LogP contribution in [0.25, 0.3) is 22.4 Å². The fraction of sp³-hybridized carbons (Fsp3) is 0.381. The molecule has 2 heterocycles. The highest BCUT2D eigenvalue weighted by molar-refractivity contribution is 5.80. The van der Waals surface area contributed by atoms with Gasteiger partial charge >= 0.3 is 0 Å². The number of phenols is 1. The molecule has 1 aliphatic carbocycles. The molecule has 140 valence electrons. The van der Waals surface area contributed by atoms with Crippen molar-refractivity contribution < 1.29 is 5.11 Å². The number of aromatic amines is 1. The van der Waals surface area contributed by atoms with Crippen molar-refractivity contribution in [2.24, 2.45) is 0 Å². The van der Waals surface area contributed by atoms with Crippen LogP contribution in [0.5, 0.6) is 5.75 Å². The van der Waals surface area contributed by atoms with Crippen LogP contribution < -0.4 is 5.56 Å². The van der Waals surface area contributed by atoms with Crippen LogP contribution in [0.3, 0.4) is 0 Å². The van der Waals surface area contributed by atoms with E-state index in [4.69, 9.17) is 10.1 Å². The van der Waals surface area contributed by atoms with E-state index in [1.54, 1.807) is 12.1 Å². The molecule has 0 amide bonds. The monoisotopic (exact) mass is 364 g/mol. The van der Waals surface area contributed by atoms with Crippen molar-refractivity contribution in [3.05, 3.63) is 52.5 Å². The van der Waals surface area contributed by atoms with Crippen LogP contribution in [0, 0.1) is 0 Å². The number of fused-ring (bicyclic) bond motifs is 1. The lowest BCUT2D eigenvalue weighted by atomic mass is 10.1. The third-order valence-corrected chi connectivity index (χ3v) is 5.38. The normalized spacial score (nSPS) is 14.9. The minimum absolute atomic E-state index is 0.127. The quantitative estimate of drug-likeness (QED) is 0.673. The summed E-state index contributed by atoms with van der Waals surface area (Å²) in [4.78, 5) is 20.4. The van der Waals surface area contributed by atoms with E-state index in [0.29, 0.717) is 35.3 Å². The van der Waals surface area contributed by atoms with Gasteiger partial charge in [0.1, 0.15) is 17.0 Å². The van der Waals surface area contributed by atoms with E-state index in [2.05, 4.69) is 11.6 Å². The Morgan fingerprint density at radius 3 is 2.85 bits per heavy atom. The molecule has 0 unspecified atom stereocenters. The second kappa shape index (κ2) is 7.02. The first-order valence-electron chi connectivity index (χ1n) is 9.57. The molecule has 0 spiro atoms. The Morgan fingerprint density at radius 1 is 1.37 bits per heavy atom. The lowest BCUT2D eigenvalue weighted by molar-refractivity contribution is 0.470. The minimum atomic E-state index is -0.204. The zero-order chi connectivity index (χ0) is 19.0. The molecule has 1 aliphatic rings. The van der Waals surface area contributed by atoms with E-state index < -0.39 is 0 Å². The average Bonchev–Trinajstić information content (AvgIpc) is 3.31. The van der Waals surface area contributed by atoms with E-state index >= 15 is 0 Å². The molecule has 27 heavy (non-hydrogen) atoms. The molecule has 0 aliphatic heterocycles. The maximum Gasteiger partial charge on any atom is 0.262 e. The molecular formula is C21H24N4O2. The van der Waals surface area contributed by atoms with Gasteiger partial charge in [0.15, 0.2) is 5.65 Å². The standard InChI is InChI=1S/C21H24N4O2/c1-3-8-13-9-7-12-15(18(13)26)19-22-20-17(21(27)23-19)16(4-2)24-25(20)14-10-5-6-11-14/h3,7,9,12,14,26H,1,4-6,8,10-11H2,2H3,(H,22,23,27). The molecule has 1 saturated carbocycles. The molecule has 0 radical (unpaired) electrons. The van der Waals surface area contributed by atoms with Crippen molar-refractivity contribution in [3.63, 3.8) is 0 Å². The van der Waals surface area contributed by atoms with Gasteiger partial charge in [-0.3, -0.25) is 4.79 Å². The number of benzene rings is 1. The molecule has 1 aromatic carbocycles. The highest BCUT2D eigenvalue weighted by Gasteiger charge is 2.24. The lowest BCUT2D eigenvalue weighted by Gasteiger charge is -2.12. The summed E-state index contributed by atoms with van der Waals surface area (Å²) in [5, 5.41) is 15.9. The van der Waals surface area contributed by atoms with Crippen molar-refractivity contribution in [3.8, 4) is 17.1 Å². The molecule has 6 heteroatoms. The number of allylic oxidation sites excluding steroid dienone is 1. The Hall–Kier alpha value is -2.89. The Labute approximate surface area is 157 Å². The van der Waals surface area contributed by atoms with Crippen LogP contribution >= 0.6 is 0 Å². The first-order chi connectivity index (χ1) is 13.1. The molecule has 4 rings (SSSR count). The third kappa shape index (κ3) is 2.95. The number of hydrogen-bond acceptors (Lipinski definition) is 4. The Bertz CT molecular complexity index is 1060. The first kappa shape index (κ1) is 17.5. The topological polar surface area (TPSA) is 83.8 Å². The van der Waals surface area contributed by atoms with Crippen molar-refractivity contribution in [2.75, 3.05) is 0 Å². The summed E-state index contributed by atoms with van der Waals surface area (Å²) in [5.41, 5.74) is 2.46. The molecule has 0 bridgehead atoms. The smallest absolute Gasteiger partial charge is 0.262 e. The maximum absolute atomic E-state index is 12.9. The van der Waals surface area contributed by atoms with Crippen LogP contribution in [-0.4, -0.2) is 24.9 Å². The largest absolute Gasteiger partial charge is 0.507 e. The summed E-state index contributed by atoms with van der Waals surface area (Å²) < 4.78 is 1.94. The first-order valence-corrected chi connectivity index (χ1v) is 9.57. The predicted molar refractivity (Wildman–Crippen MR) is 106 cm³/mol. The molecule has 1 fully saturated rings. The Morgan fingerprint density at radius 2 is 2.15 bits per heavy atom. The van der Waals surface area contributed by atoms with Gasteiger partial charge in [-0.25, -0.2) is 9.67 Å². The summed E-state index contributed by atoms with van der Waals surface area (Å²) >= 11 is 0. The van der Waals surface area contributed by atoms with E-state index in [9.17, 15) is 9.90 Å². The number of hydrogen-bond donors (Lipinski definition) is 2. The van der Waals surface area contributed by atoms with Crippen LogP contribution in [0.15, 0.2) is 35.6 Å². The SMILES string of the molecule is C=CCc1cccc(-c2nc3c(c(CC)nn3C3CCCC3)c(=O)[nH]2)c1O. The van der Waals surface area contributed by atoms with Gasteiger partial charge in [-0.05, 0) is 37.3 Å². The van der Waals surface area contributed by atoms with Crippen LogP contribution in [0.2, 0.25) is 0 Å². The third-order valence-electron chi connectivity index (χ3n) is 5.38. The van der Waals surface area contributed by atoms with Crippen molar-refractivity contribution in [1.29, 1.82) is 0 Å². The number of aromatic nitrogens is 4. The predicted octanol–water partition coefficient (Wildman–Crippen LogP) is 3.90. The van der Waals surface area contributed by atoms with Crippen LogP contribution in [-0.2, 0) is 12.8 Å². The number of aryl methyl sites for hydroxylation is 1. The number of nitrogens with zero attached hydrogens (tertiary/aromatic N) is 3. The van der Waals surface area contributed by atoms with Crippen molar-refractivity contribution in [2.45, 2.75) is 51.5 Å². The number of H-pyrrole nitrogens is 1. The van der Waals surface area contributed by atoms with E-state index in [1.807, 2.05) is 23.7 Å². The summed E-state index contributed by atoms with van der Waals surface area (Å²) in [6.07, 6.45) is 7.43. The fourth-order valence-electron chi connectivity index (χ4n) is 4.00. The molecule has 0 atom stereocenters. The molecule has 6 nitrogen and oxygen atoms in total. The van der Waals surface area contributed by atoms with Gasteiger partial charge in [0.2, 0.25) is 0 Å². The van der Waals surface area contributed by atoms with Gasteiger partial charge in [-0.2, -0.15) is 5.10 Å². The van der Waals surface area contributed by atoms with Crippen LogP contribution in [0.1, 0.15) is 49.9 Å². The molecular weight excluding hydrogens is 340 g/mol. The summed E-state index contributed by atoms with van der Waals surface area (Å²) in [5.74, 6) is 0.500. The molecule has 2 aromatic heterocycles. The van der Waals surface area contributed by atoms with E-state index in [-0.39, 0.29) is 17.4 Å². The number of nitrogens with one attached hydrogen (secondary N) is 1. The Kier molecular flexibility index (Phi) is 4.56. The van der Waals surface area contributed by atoms with Gasteiger partial charge < -0.3 is 10.1 Å². The average molecular weight is 364 g/mol. The summed E-state index contributed by atoms with van der Waals surface area (Å²) in [7, 11) is 0. The zero-order valence-corrected chi connectivity index (χ0v) is 15.5. The molecule has 0 saturated heterocycles. The number of para-hydroxylation sites is 1. The van der Waals surface area contributed by atoms with Gasteiger partial charge in [-0.1, -0.05) is 38.0 Å². The highest BCUT2D eigenvalue weighted by Crippen LogP contribution is 2.34. The molecule has 3 aromatic rings. The number of phenolic OH excluding ortho intramolecular Hbond substituents is 1. The summed E-state index contributed by atoms with van der Waals surface area (Å²) in [6.45, 7) is 5.72. The van der Waals surface area contributed by atoms with Crippen LogP contribution in [0.4, 0.5) is 0 Å². The lowest BCUT2D eigenvalue weighted by Crippen LogP contribution is -2.13. The van der Waals surface area contributed by atoms with E-state index in [0.717, 1.165) is 24.1 Å². The maximum atomic E-state index is 12.9. The van der Waals surface area contributed by atoms with Crippen molar-refractivity contribution >= 4 is 11.0 Å². The van der Waals surface area contributed by atoms with Gasteiger partial charge in [0, 0.05) is 0 Å².